The van der Waals surface area contributed by atoms with Crippen LogP contribution in [0.4, 0.5) is 4.79 Å². The summed E-state index contributed by atoms with van der Waals surface area (Å²) in [6, 6.07) is 2.24. The minimum atomic E-state index is -0.486. The van der Waals surface area contributed by atoms with E-state index in [0.29, 0.717) is 26.2 Å². The molecule has 0 radical (unpaired) electrons. The van der Waals surface area contributed by atoms with E-state index in [1.165, 1.54) is 0 Å². The Morgan fingerprint density at radius 3 is 2.63 bits per heavy atom. The Morgan fingerprint density at radius 1 is 1.14 bits per heavy atom. The quantitative estimate of drug-likeness (QED) is 0.552. The molecular formula is C25H33N7O3. The van der Waals surface area contributed by atoms with Gasteiger partial charge in [0.05, 0.1) is 12.1 Å². The van der Waals surface area contributed by atoms with Crippen LogP contribution in [0, 0.1) is 0 Å². The van der Waals surface area contributed by atoms with Crippen molar-refractivity contribution >= 4 is 6.09 Å². The number of ether oxygens (including phenoxy) is 2. The zero-order valence-corrected chi connectivity index (χ0v) is 21.1. The molecule has 35 heavy (non-hydrogen) atoms. The van der Waals surface area contributed by atoms with E-state index in [4.69, 9.17) is 19.4 Å². The minimum Gasteiger partial charge on any atom is -0.491 e. The second-order valence-electron chi connectivity index (χ2n) is 10.5. The first-order valence-corrected chi connectivity index (χ1v) is 12.3. The van der Waals surface area contributed by atoms with Crippen LogP contribution in [0.3, 0.4) is 0 Å². The van der Waals surface area contributed by atoms with E-state index in [0.717, 1.165) is 47.2 Å². The lowest BCUT2D eigenvalue weighted by Gasteiger charge is -2.33. The van der Waals surface area contributed by atoms with E-state index >= 15 is 0 Å². The molecule has 0 unspecified atom stereocenters. The first-order chi connectivity index (χ1) is 16.7. The van der Waals surface area contributed by atoms with Crippen molar-refractivity contribution in [2.45, 2.75) is 71.6 Å². The average Bonchev–Trinajstić information content (AvgIpc) is 3.42. The summed E-state index contributed by atoms with van der Waals surface area (Å²) in [6.45, 7) is 12.4. The molecule has 0 atom stereocenters. The van der Waals surface area contributed by atoms with Crippen LogP contribution in [-0.4, -0.2) is 65.6 Å². The normalized spacial score (nSPS) is 16.5. The van der Waals surface area contributed by atoms with Gasteiger partial charge in [-0.3, -0.25) is 4.98 Å². The van der Waals surface area contributed by atoms with Crippen molar-refractivity contribution in [1.29, 1.82) is 0 Å². The lowest BCUT2D eigenvalue weighted by molar-refractivity contribution is 0.0204. The van der Waals surface area contributed by atoms with Crippen molar-refractivity contribution in [3.63, 3.8) is 0 Å². The van der Waals surface area contributed by atoms with Crippen molar-refractivity contribution in [3.05, 3.63) is 30.5 Å². The van der Waals surface area contributed by atoms with Gasteiger partial charge in [0.15, 0.2) is 5.82 Å². The van der Waals surface area contributed by atoms with Crippen LogP contribution in [0.5, 0.6) is 5.75 Å². The Hall–Kier alpha value is -3.43. The number of hydrogen-bond acceptors (Lipinski definition) is 7. The van der Waals surface area contributed by atoms with Gasteiger partial charge in [-0.25, -0.2) is 19.4 Å². The Labute approximate surface area is 205 Å². The lowest BCUT2D eigenvalue weighted by atomic mass is 9.92. The van der Waals surface area contributed by atoms with Gasteiger partial charge in [0, 0.05) is 49.2 Å². The minimum absolute atomic E-state index is 0.190. The molecule has 1 amide bonds. The van der Waals surface area contributed by atoms with Crippen LogP contribution in [0.2, 0.25) is 0 Å². The lowest BCUT2D eigenvalue weighted by Crippen LogP contribution is -2.41. The molecule has 2 aliphatic heterocycles. The van der Waals surface area contributed by atoms with Crippen molar-refractivity contribution < 1.29 is 14.3 Å². The monoisotopic (exact) mass is 479 g/mol. The average molecular weight is 480 g/mol. The van der Waals surface area contributed by atoms with E-state index in [-0.39, 0.29) is 18.1 Å². The van der Waals surface area contributed by atoms with Crippen LogP contribution in [0.15, 0.2) is 24.8 Å². The number of pyridine rings is 1. The molecule has 2 aliphatic rings. The van der Waals surface area contributed by atoms with Crippen molar-refractivity contribution in [1.82, 2.24) is 34.2 Å². The van der Waals surface area contributed by atoms with Gasteiger partial charge in [0.1, 0.15) is 35.8 Å². The van der Waals surface area contributed by atoms with E-state index < -0.39 is 5.60 Å². The van der Waals surface area contributed by atoms with Gasteiger partial charge in [-0.15, -0.1) is 0 Å². The largest absolute Gasteiger partial charge is 0.491 e. The number of nitrogens with zero attached hydrogens (tertiary/aromatic N) is 7. The third kappa shape index (κ3) is 4.74. The predicted molar refractivity (Wildman–Crippen MR) is 130 cm³/mol. The molecule has 5 heterocycles. The van der Waals surface area contributed by atoms with Gasteiger partial charge in [0.25, 0.3) is 0 Å². The molecule has 0 bridgehead atoms. The van der Waals surface area contributed by atoms with Crippen LogP contribution < -0.4 is 4.74 Å². The molecule has 0 spiro atoms. The Morgan fingerprint density at radius 2 is 1.91 bits per heavy atom. The van der Waals surface area contributed by atoms with Gasteiger partial charge in [-0.05, 0) is 47.5 Å². The van der Waals surface area contributed by atoms with Crippen LogP contribution >= 0.6 is 0 Å². The maximum Gasteiger partial charge on any atom is 0.410 e. The van der Waals surface area contributed by atoms with Crippen molar-refractivity contribution in [3.8, 4) is 28.7 Å². The van der Waals surface area contributed by atoms with Crippen molar-refractivity contribution in [2.75, 3.05) is 19.7 Å². The second kappa shape index (κ2) is 8.98. The Balaban J connectivity index is 1.35. The first kappa shape index (κ1) is 23.3. The fourth-order valence-electron chi connectivity index (χ4n) is 4.62. The van der Waals surface area contributed by atoms with Gasteiger partial charge < -0.3 is 18.9 Å². The highest BCUT2D eigenvalue weighted by Gasteiger charge is 2.29. The number of aromatic nitrogens is 6. The molecule has 3 aromatic rings. The summed E-state index contributed by atoms with van der Waals surface area (Å²) in [5.41, 5.74) is 2.17. The SMILES string of the molecule is CC(C)n1ncnc1-c1cn2c(n1)-c1cnc(C3CCN(C(=O)OC(C)(C)C)CC3)cc1OCC2. The molecule has 3 aromatic heterocycles. The topological polar surface area (TPSA) is 100 Å². The number of amides is 1. The Bertz CT molecular complexity index is 1220. The van der Waals surface area contributed by atoms with Crippen LogP contribution in [0.25, 0.3) is 22.9 Å². The summed E-state index contributed by atoms with van der Waals surface area (Å²) >= 11 is 0. The van der Waals surface area contributed by atoms with Gasteiger partial charge >= 0.3 is 6.09 Å². The number of rotatable bonds is 3. The summed E-state index contributed by atoms with van der Waals surface area (Å²) in [5.74, 6) is 2.64. The van der Waals surface area contributed by atoms with Gasteiger partial charge in [0.2, 0.25) is 0 Å². The number of likely N-dealkylation sites (tertiary alicyclic amines) is 1. The molecule has 10 nitrogen and oxygen atoms in total. The number of piperidine rings is 1. The molecule has 10 heteroatoms. The van der Waals surface area contributed by atoms with Crippen LogP contribution in [-0.2, 0) is 11.3 Å². The molecule has 5 rings (SSSR count). The van der Waals surface area contributed by atoms with Gasteiger partial charge in [-0.1, -0.05) is 0 Å². The fourth-order valence-corrected chi connectivity index (χ4v) is 4.62. The molecule has 186 valence electrons. The summed E-state index contributed by atoms with van der Waals surface area (Å²) < 4.78 is 15.6. The third-order valence-electron chi connectivity index (χ3n) is 6.35. The number of imidazole rings is 1. The molecule has 1 saturated heterocycles. The predicted octanol–water partition coefficient (Wildman–Crippen LogP) is 4.29. The molecule has 0 N–H and O–H groups in total. The number of fused-ring (bicyclic) bond motifs is 3. The number of hydrogen-bond donors (Lipinski definition) is 0. The van der Waals surface area contributed by atoms with Crippen molar-refractivity contribution in [2.24, 2.45) is 0 Å². The summed E-state index contributed by atoms with van der Waals surface area (Å²) in [6.07, 6.45) is 6.88. The summed E-state index contributed by atoms with van der Waals surface area (Å²) in [4.78, 5) is 28.3. The molecule has 0 aromatic carbocycles. The first-order valence-electron chi connectivity index (χ1n) is 12.3. The second-order valence-corrected chi connectivity index (χ2v) is 10.5. The van der Waals surface area contributed by atoms with E-state index in [9.17, 15) is 4.79 Å². The summed E-state index contributed by atoms with van der Waals surface area (Å²) in [7, 11) is 0. The van der Waals surface area contributed by atoms with E-state index in [2.05, 4.69) is 28.5 Å². The number of carbonyl (C=O) groups is 1. The molecular weight excluding hydrogens is 446 g/mol. The maximum absolute atomic E-state index is 12.4. The molecule has 0 aliphatic carbocycles. The zero-order chi connectivity index (χ0) is 24.7. The Kier molecular flexibility index (Phi) is 5.98. The van der Waals surface area contributed by atoms with Gasteiger partial charge in [-0.2, -0.15) is 5.10 Å². The van der Waals surface area contributed by atoms with E-state index in [1.807, 2.05) is 43.9 Å². The maximum atomic E-state index is 12.4. The highest BCUT2D eigenvalue weighted by molar-refractivity contribution is 5.69. The third-order valence-corrected chi connectivity index (χ3v) is 6.35. The smallest absolute Gasteiger partial charge is 0.410 e. The highest BCUT2D eigenvalue weighted by atomic mass is 16.6. The summed E-state index contributed by atoms with van der Waals surface area (Å²) in [5, 5.41) is 4.34. The molecule has 1 fully saturated rings. The highest BCUT2D eigenvalue weighted by Crippen LogP contribution is 2.37. The van der Waals surface area contributed by atoms with Crippen LogP contribution in [0.1, 0.15) is 65.1 Å². The van der Waals surface area contributed by atoms with E-state index in [1.54, 1.807) is 11.2 Å². The standard InChI is InChI=1S/C25H33N7O3/c1-16(2)32-23(27-15-28-32)20-14-31-10-11-34-21-12-19(26-13-18(21)22(31)29-20)17-6-8-30(9-7-17)24(33)35-25(3,4)5/h12-17H,6-11H2,1-5H3. The number of carbonyl (C=O) groups excluding carboxylic acids is 1. The zero-order valence-electron chi connectivity index (χ0n) is 21.1. The fraction of sp³-hybridized carbons (Fsp3) is 0.560. The molecule has 0 saturated carbocycles.